The number of aromatic amines is 1. The van der Waals surface area contributed by atoms with E-state index in [9.17, 15) is 0 Å². The summed E-state index contributed by atoms with van der Waals surface area (Å²) in [4.78, 5) is 0. The summed E-state index contributed by atoms with van der Waals surface area (Å²) in [7, 11) is 0. The Morgan fingerprint density at radius 2 is 1.79 bits per heavy atom. The smallest absolute Gasteiger partial charge is 0.266 e. The lowest BCUT2D eigenvalue weighted by Crippen LogP contribution is -1.92. The van der Waals surface area contributed by atoms with Gasteiger partial charge in [0, 0.05) is 11.6 Å². The molecule has 144 valence electrons. The first-order chi connectivity index (χ1) is 14.2. The van der Waals surface area contributed by atoms with Gasteiger partial charge in [-0.2, -0.15) is 5.10 Å². The highest BCUT2D eigenvalue weighted by Crippen LogP contribution is 2.33. The van der Waals surface area contributed by atoms with E-state index in [4.69, 9.17) is 13.9 Å². The van der Waals surface area contributed by atoms with Gasteiger partial charge in [0.05, 0.1) is 5.69 Å². The fraction of sp³-hybridized carbons (Fsp3) is 0.136. The van der Waals surface area contributed by atoms with Gasteiger partial charge in [0.2, 0.25) is 12.7 Å². The van der Waals surface area contributed by atoms with Crippen LogP contribution in [0.25, 0.3) is 35.0 Å². The van der Waals surface area contributed by atoms with Crippen molar-refractivity contribution in [3.63, 3.8) is 0 Å². The molecule has 0 saturated heterocycles. The Balaban J connectivity index is 1.35. The molecule has 3 heterocycles. The monoisotopic (exact) mass is 386 g/mol. The molecule has 0 spiro atoms. The Morgan fingerprint density at radius 1 is 0.897 bits per heavy atom. The largest absolute Gasteiger partial charge is 0.454 e. The molecule has 1 N–H and O–H groups in total. The van der Waals surface area contributed by atoms with E-state index in [2.05, 4.69) is 52.4 Å². The molecule has 0 fully saturated rings. The van der Waals surface area contributed by atoms with Crippen molar-refractivity contribution < 1.29 is 13.9 Å². The van der Waals surface area contributed by atoms with Gasteiger partial charge in [-0.25, -0.2) is 0 Å². The van der Waals surface area contributed by atoms with Crippen molar-refractivity contribution >= 4 is 12.2 Å². The average molecular weight is 386 g/mol. The second-order valence-electron chi connectivity index (χ2n) is 6.86. The number of benzene rings is 2. The molecule has 0 amide bonds. The van der Waals surface area contributed by atoms with Crippen LogP contribution in [0.5, 0.6) is 11.5 Å². The maximum Gasteiger partial charge on any atom is 0.266 e. The molecule has 4 aromatic rings. The molecule has 1 aliphatic rings. The Kier molecular flexibility index (Phi) is 4.13. The number of aromatic nitrogens is 4. The van der Waals surface area contributed by atoms with Crippen molar-refractivity contribution in [2.45, 2.75) is 13.8 Å². The third kappa shape index (κ3) is 3.38. The molecule has 7 heteroatoms. The van der Waals surface area contributed by atoms with E-state index in [-0.39, 0.29) is 6.79 Å². The summed E-state index contributed by atoms with van der Waals surface area (Å²) >= 11 is 0. The molecule has 1 aliphatic heterocycles. The molecule has 0 atom stereocenters. The van der Waals surface area contributed by atoms with Gasteiger partial charge >= 0.3 is 0 Å². The molecular weight excluding hydrogens is 368 g/mol. The fourth-order valence-corrected chi connectivity index (χ4v) is 3.07. The molecular formula is C22H18N4O3. The highest BCUT2D eigenvalue weighted by atomic mass is 16.7. The van der Waals surface area contributed by atoms with Crippen molar-refractivity contribution in [2.24, 2.45) is 0 Å². The molecule has 2 aromatic heterocycles. The maximum atomic E-state index is 5.74. The predicted octanol–water partition coefficient (Wildman–Crippen LogP) is 4.64. The summed E-state index contributed by atoms with van der Waals surface area (Å²) in [5.41, 5.74) is 5.97. The van der Waals surface area contributed by atoms with Crippen LogP contribution in [0.15, 0.2) is 46.9 Å². The van der Waals surface area contributed by atoms with Gasteiger partial charge in [0.25, 0.3) is 5.89 Å². The van der Waals surface area contributed by atoms with Crippen LogP contribution < -0.4 is 9.47 Å². The first-order valence-corrected chi connectivity index (χ1v) is 9.20. The highest BCUT2D eigenvalue weighted by Gasteiger charge is 2.14. The molecule has 7 nitrogen and oxygen atoms in total. The Labute approximate surface area is 167 Å². The van der Waals surface area contributed by atoms with E-state index < -0.39 is 0 Å². The number of H-pyrrole nitrogens is 1. The van der Waals surface area contributed by atoms with Crippen molar-refractivity contribution in [3.05, 3.63) is 65.0 Å². The number of nitrogens with zero attached hydrogens (tertiary/aromatic N) is 3. The normalized spacial score (nSPS) is 12.8. The van der Waals surface area contributed by atoms with E-state index in [0.29, 0.717) is 17.5 Å². The number of ether oxygens (including phenoxy) is 2. The van der Waals surface area contributed by atoms with Crippen LogP contribution >= 0.6 is 0 Å². The zero-order valence-electron chi connectivity index (χ0n) is 16.0. The van der Waals surface area contributed by atoms with Gasteiger partial charge in [-0.1, -0.05) is 18.2 Å². The van der Waals surface area contributed by atoms with Gasteiger partial charge in [-0.15, -0.1) is 10.2 Å². The second-order valence-corrected chi connectivity index (χ2v) is 6.86. The van der Waals surface area contributed by atoms with Crippen molar-refractivity contribution in [1.82, 2.24) is 20.4 Å². The zero-order chi connectivity index (χ0) is 19.8. The minimum Gasteiger partial charge on any atom is -0.454 e. The SMILES string of the molecule is Cc1ccc(-c2cc(-c3nnc(/C=C/c4ccc5c(c4)OCO5)o3)[nH]n2)cc1C. The van der Waals surface area contributed by atoms with Gasteiger partial charge < -0.3 is 13.9 Å². The zero-order valence-corrected chi connectivity index (χ0v) is 16.0. The summed E-state index contributed by atoms with van der Waals surface area (Å²) < 4.78 is 16.4. The first-order valence-electron chi connectivity index (χ1n) is 9.20. The molecule has 5 rings (SSSR count). The Bertz CT molecular complexity index is 1220. The average Bonchev–Trinajstić information content (AvgIpc) is 3.48. The van der Waals surface area contributed by atoms with Gasteiger partial charge in [-0.3, -0.25) is 5.10 Å². The van der Waals surface area contributed by atoms with Gasteiger partial charge in [0.15, 0.2) is 11.5 Å². The van der Waals surface area contributed by atoms with Gasteiger partial charge in [-0.05, 0) is 60.9 Å². The number of rotatable bonds is 4. The van der Waals surface area contributed by atoms with E-state index in [0.717, 1.165) is 28.3 Å². The van der Waals surface area contributed by atoms with Crippen LogP contribution in [-0.2, 0) is 0 Å². The van der Waals surface area contributed by atoms with Crippen LogP contribution in [-0.4, -0.2) is 27.2 Å². The van der Waals surface area contributed by atoms with Crippen LogP contribution in [0.2, 0.25) is 0 Å². The molecule has 0 radical (unpaired) electrons. The quantitative estimate of drug-likeness (QED) is 0.550. The second kappa shape index (κ2) is 6.94. The van der Waals surface area contributed by atoms with E-state index >= 15 is 0 Å². The summed E-state index contributed by atoms with van der Waals surface area (Å²) in [6.07, 6.45) is 3.64. The van der Waals surface area contributed by atoms with Crippen molar-refractivity contribution in [2.75, 3.05) is 6.79 Å². The third-order valence-electron chi connectivity index (χ3n) is 4.87. The van der Waals surface area contributed by atoms with E-state index in [1.165, 1.54) is 11.1 Å². The third-order valence-corrected chi connectivity index (χ3v) is 4.87. The topological polar surface area (TPSA) is 86.1 Å². The van der Waals surface area contributed by atoms with Gasteiger partial charge in [0.1, 0.15) is 5.69 Å². The standard InChI is InChI=1S/C22H18N4O3/c1-13-3-6-16(9-14(13)2)17-11-18(24-23-17)22-26-25-21(29-22)8-5-15-4-7-19-20(10-15)28-12-27-19/h3-11H,12H2,1-2H3,(H,23,24)/b8-5+. The molecule has 0 saturated carbocycles. The van der Waals surface area contributed by atoms with E-state index in [1.54, 1.807) is 6.08 Å². The first kappa shape index (κ1) is 17.2. The van der Waals surface area contributed by atoms with Crippen molar-refractivity contribution in [3.8, 4) is 34.3 Å². The predicted molar refractivity (Wildman–Crippen MR) is 108 cm³/mol. The summed E-state index contributed by atoms with van der Waals surface area (Å²) in [6, 6.07) is 13.9. The number of hydrogen-bond donors (Lipinski definition) is 1. The lowest BCUT2D eigenvalue weighted by atomic mass is 10.0. The number of fused-ring (bicyclic) bond motifs is 1. The van der Waals surface area contributed by atoms with E-state index in [1.807, 2.05) is 30.3 Å². The summed E-state index contributed by atoms with van der Waals surface area (Å²) in [5.74, 6) is 2.27. The molecule has 0 bridgehead atoms. The molecule has 0 unspecified atom stereocenters. The number of nitrogens with one attached hydrogen (secondary N) is 1. The molecule has 29 heavy (non-hydrogen) atoms. The fourth-order valence-electron chi connectivity index (χ4n) is 3.07. The molecule has 2 aromatic carbocycles. The number of hydrogen-bond acceptors (Lipinski definition) is 6. The minimum absolute atomic E-state index is 0.254. The lowest BCUT2D eigenvalue weighted by molar-refractivity contribution is 0.174. The van der Waals surface area contributed by atoms with Crippen molar-refractivity contribution in [1.29, 1.82) is 0 Å². The summed E-state index contributed by atoms with van der Waals surface area (Å²) in [6.45, 7) is 4.43. The van der Waals surface area contributed by atoms with Crippen LogP contribution in [0.3, 0.4) is 0 Å². The Hall–Kier alpha value is -3.87. The highest BCUT2D eigenvalue weighted by molar-refractivity contribution is 5.69. The molecule has 0 aliphatic carbocycles. The maximum absolute atomic E-state index is 5.74. The van der Waals surface area contributed by atoms with Crippen LogP contribution in [0.4, 0.5) is 0 Å². The number of aryl methyl sites for hydroxylation is 2. The Morgan fingerprint density at radius 3 is 2.69 bits per heavy atom. The van der Waals surface area contributed by atoms with Crippen LogP contribution in [0, 0.1) is 13.8 Å². The lowest BCUT2D eigenvalue weighted by Gasteiger charge is -2.01. The minimum atomic E-state index is 0.254. The van der Waals surface area contributed by atoms with Crippen LogP contribution in [0.1, 0.15) is 22.6 Å². The summed E-state index contributed by atoms with van der Waals surface area (Å²) in [5, 5.41) is 15.5.